The average Bonchev–Trinajstić information content (AvgIpc) is 2.64. The van der Waals surface area contributed by atoms with Crippen molar-refractivity contribution in [3.05, 3.63) is 0 Å². The van der Waals surface area contributed by atoms with E-state index in [-0.39, 0.29) is 0 Å². The molecule has 0 aliphatic carbocycles. The van der Waals surface area contributed by atoms with Crippen molar-refractivity contribution in [1.29, 1.82) is 0 Å². The summed E-state index contributed by atoms with van der Waals surface area (Å²) >= 11 is 0. The summed E-state index contributed by atoms with van der Waals surface area (Å²) in [5, 5.41) is 0. The van der Waals surface area contributed by atoms with Gasteiger partial charge in [0.25, 0.3) is 0 Å². The minimum absolute atomic E-state index is 0.844. The van der Waals surface area contributed by atoms with Crippen LogP contribution >= 0.6 is 0 Å². The van der Waals surface area contributed by atoms with Crippen molar-refractivity contribution >= 4 is 0 Å². The third-order valence-corrected chi connectivity index (χ3v) is 2.67. The van der Waals surface area contributed by atoms with Crippen molar-refractivity contribution in [2.45, 2.75) is 12.8 Å². The molecule has 1 aliphatic heterocycles. The summed E-state index contributed by atoms with van der Waals surface area (Å²) in [6, 6.07) is 0. The Hall–Kier alpha value is -0.120. The van der Waals surface area contributed by atoms with E-state index >= 15 is 0 Å². The Morgan fingerprint density at radius 2 is 1.92 bits per heavy atom. The number of ether oxygens (including phenoxy) is 1. The fourth-order valence-corrected chi connectivity index (χ4v) is 1.68. The lowest BCUT2D eigenvalue weighted by molar-refractivity contribution is 0.154. The molecule has 0 amide bonds. The average molecular weight is 186 g/mol. The van der Waals surface area contributed by atoms with E-state index in [0.717, 1.165) is 13.2 Å². The molecule has 0 radical (unpaired) electrons. The molecule has 1 fully saturated rings. The number of hydrogen-bond acceptors (Lipinski definition) is 3. The van der Waals surface area contributed by atoms with Gasteiger partial charge < -0.3 is 14.5 Å². The predicted octanol–water partition coefficient (Wildman–Crippen LogP) is 0.660. The number of hydrogen-bond donors (Lipinski definition) is 0. The Morgan fingerprint density at radius 3 is 2.54 bits per heavy atom. The van der Waals surface area contributed by atoms with E-state index in [1.54, 1.807) is 7.11 Å². The molecule has 3 heteroatoms. The van der Waals surface area contributed by atoms with Crippen LogP contribution in [0.2, 0.25) is 0 Å². The molecule has 0 bridgehead atoms. The van der Waals surface area contributed by atoms with Gasteiger partial charge in [-0.25, -0.2) is 0 Å². The van der Waals surface area contributed by atoms with Crippen LogP contribution in [0.4, 0.5) is 0 Å². The third kappa shape index (κ3) is 4.60. The van der Waals surface area contributed by atoms with Gasteiger partial charge in [0.1, 0.15) is 0 Å². The van der Waals surface area contributed by atoms with Crippen LogP contribution < -0.4 is 0 Å². The molecule has 0 aromatic carbocycles. The zero-order valence-corrected chi connectivity index (χ0v) is 8.96. The third-order valence-electron chi connectivity index (χ3n) is 2.67. The largest absolute Gasteiger partial charge is 0.383 e. The number of likely N-dealkylation sites (N-methyl/N-ethyl adjacent to an activating group) is 1. The first kappa shape index (κ1) is 11.0. The maximum Gasteiger partial charge on any atom is 0.0589 e. The summed E-state index contributed by atoms with van der Waals surface area (Å²) < 4.78 is 5.03. The van der Waals surface area contributed by atoms with E-state index in [1.807, 2.05) is 0 Å². The summed E-state index contributed by atoms with van der Waals surface area (Å²) in [7, 11) is 3.92. The summed E-state index contributed by atoms with van der Waals surface area (Å²) in [6.07, 6.45) is 2.78. The zero-order valence-electron chi connectivity index (χ0n) is 8.96. The molecule has 78 valence electrons. The first-order valence-electron chi connectivity index (χ1n) is 5.23. The maximum atomic E-state index is 5.03. The molecule has 1 rings (SSSR count). The molecule has 0 atom stereocenters. The van der Waals surface area contributed by atoms with Crippen LogP contribution in [0.15, 0.2) is 0 Å². The molecular formula is C10H22N2O. The first-order chi connectivity index (χ1) is 6.33. The first-order valence-corrected chi connectivity index (χ1v) is 5.23. The van der Waals surface area contributed by atoms with Crippen LogP contribution in [0.3, 0.4) is 0 Å². The predicted molar refractivity (Wildman–Crippen MR) is 55.0 cm³/mol. The van der Waals surface area contributed by atoms with Crippen LogP contribution in [-0.2, 0) is 4.74 Å². The summed E-state index contributed by atoms with van der Waals surface area (Å²) in [6.45, 7) is 6.89. The summed E-state index contributed by atoms with van der Waals surface area (Å²) in [4.78, 5) is 4.88. The molecule has 0 aromatic rings. The van der Waals surface area contributed by atoms with E-state index in [0.29, 0.717) is 0 Å². The van der Waals surface area contributed by atoms with E-state index in [2.05, 4.69) is 16.8 Å². The van der Waals surface area contributed by atoms with Gasteiger partial charge in [-0.2, -0.15) is 0 Å². The van der Waals surface area contributed by atoms with Crippen LogP contribution in [0.1, 0.15) is 12.8 Å². The quantitative estimate of drug-likeness (QED) is 0.606. The van der Waals surface area contributed by atoms with Crippen molar-refractivity contribution in [3.63, 3.8) is 0 Å². The molecule has 3 nitrogen and oxygen atoms in total. The number of methoxy groups -OCH3 is 1. The van der Waals surface area contributed by atoms with Gasteiger partial charge in [0.15, 0.2) is 0 Å². The Kier molecular flexibility index (Phi) is 5.35. The van der Waals surface area contributed by atoms with Crippen LogP contribution in [-0.4, -0.2) is 63.3 Å². The van der Waals surface area contributed by atoms with Gasteiger partial charge in [-0.3, -0.25) is 0 Å². The molecule has 0 N–H and O–H groups in total. The van der Waals surface area contributed by atoms with Crippen molar-refractivity contribution < 1.29 is 4.74 Å². The van der Waals surface area contributed by atoms with Crippen molar-refractivity contribution in [3.8, 4) is 0 Å². The molecular weight excluding hydrogens is 164 g/mol. The Balaban J connectivity index is 1.97. The lowest BCUT2D eigenvalue weighted by Crippen LogP contribution is -2.33. The lowest BCUT2D eigenvalue weighted by atomic mass is 10.4. The highest BCUT2D eigenvalue weighted by molar-refractivity contribution is 4.67. The van der Waals surface area contributed by atoms with Gasteiger partial charge in [0.2, 0.25) is 0 Å². The fourth-order valence-electron chi connectivity index (χ4n) is 1.68. The summed E-state index contributed by atoms with van der Waals surface area (Å²) in [5.41, 5.74) is 0. The number of likely N-dealkylation sites (tertiary alicyclic amines) is 1. The Morgan fingerprint density at radius 1 is 1.23 bits per heavy atom. The van der Waals surface area contributed by atoms with E-state index in [4.69, 9.17) is 4.74 Å². The smallest absolute Gasteiger partial charge is 0.0589 e. The maximum absolute atomic E-state index is 5.03. The minimum Gasteiger partial charge on any atom is -0.383 e. The monoisotopic (exact) mass is 186 g/mol. The second-order valence-corrected chi connectivity index (χ2v) is 3.84. The highest BCUT2D eigenvalue weighted by atomic mass is 16.5. The van der Waals surface area contributed by atoms with Gasteiger partial charge in [-0.15, -0.1) is 0 Å². The van der Waals surface area contributed by atoms with Gasteiger partial charge in [-0.05, 0) is 33.0 Å². The highest BCUT2D eigenvalue weighted by Crippen LogP contribution is 2.06. The Labute approximate surface area is 81.7 Å². The SMILES string of the molecule is COCCN(C)CCN1CCCC1. The lowest BCUT2D eigenvalue weighted by Gasteiger charge is -2.20. The molecule has 0 aromatic heterocycles. The molecule has 1 saturated heterocycles. The van der Waals surface area contributed by atoms with E-state index in [1.165, 1.54) is 39.0 Å². The van der Waals surface area contributed by atoms with Gasteiger partial charge in [0.05, 0.1) is 6.61 Å². The van der Waals surface area contributed by atoms with E-state index in [9.17, 15) is 0 Å². The van der Waals surface area contributed by atoms with Gasteiger partial charge in [-0.1, -0.05) is 0 Å². The van der Waals surface area contributed by atoms with Crippen molar-refractivity contribution in [1.82, 2.24) is 9.80 Å². The van der Waals surface area contributed by atoms with Gasteiger partial charge >= 0.3 is 0 Å². The molecule has 13 heavy (non-hydrogen) atoms. The minimum atomic E-state index is 0.844. The topological polar surface area (TPSA) is 15.7 Å². The van der Waals surface area contributed by atoms with Crippen LogP contribution in [0.5, 0.6) is 0 Å². The second kappa shape index (κ2) is 6.35. The van der Waals surface area contributed by atoms with Gasteiger partial charge in [0, 0.05) is 26.7 Å². The normalized spacial score (nSPS) is 18.7. The summed E-state index contributed by atoms with van der Waals surface area (Å²) in [5.74, 6) is 0. The number of rotatable bonds is 6. The second-order valence-electron chi connectivity index (χ2n) is 3.84. The Bertz CT molecular complexity index is 124. The van der Waals surface area contributed by atoms with Crippen LogP contribution in [0.25, 0.3) is 0 Å². The molecule has 0 unspecified atom stereocenters. The van der Waals surface area contributed by atoms with Crippen molar-refractivity contribution in [2.75, 3.05) is 53.5 Å². The molecule has 1 aliphatic rings. The van der Waals surface area contributed by atoms with Crippen molar-refractivity contribution in [2.24, 2.45) is 0 Å². The highest BCUT2D eigenvalue weighted by Gasteiger charge is 2.11. The fraction of sp³-hybridized carbons (Fsp3) is 1.00. The molecule has 1 heterocycles. The number of nitrogens with zero attached hydrogens (tertiary/aromatic N) is 2. The van der Waals surface area contributed by atoms with E-state index < -0.39 is 0 Å². The van der Waals surface area contributed by atoms with Crippen LogP contribution in [0, 0.1) is 0 Å². The zero-order chi connectivity index (χ0) is 9.52. The molecule has 0 spiro atoms. The standard InChI is InChI=1S/C10H22N2O/c1-11(9-10-13-2)7-8-12-5-3-4-6-12/h3-10H2,1-2H3. The molecule has 0 saturated carbocycles.